The number of unbranched alkanes of at least 4 members (excludes halogenated alkanes) is 7. The third-order valence-corrected chi connectivity index (χ3v) is 4.89. The zero-order chi connectivity index (χ0) is 22.3. The maximum atomic E-state index is 11.1. The Bertz CT molecular complexity index is 814. The predicted molar refractivity (Wildman–Crippen MR) is 125 cm³/mol. The van der Waals surface area contributed by atoms with Crippen LogP contribution in [0.4, 0.5) is 0 Å². The molecule has 31 heavy (non-hydrogen) atoms. The van der Waals surface area contributed by atoms with Gasteiger partial charge >= 0.3 is 5.97 Å². The van der Waals surface area contributed by atoms with Gasteiger partial charge in [-0.15, -0.1) is 5.10 Å². The maximum absolute atomic E-state index is 11.1. The molecule has 1 heterocycles. The van der Waals surface area contributed by atoms with E-state index >= 15 is 0 Å². The minimum absolute atomic E-state index is 0.215. The average Bonchev–Trinajstić information content (AvgIpc) is 3.26. The van der Waals surface area contributed by atoms with Gasteiger partial charge in [-0.2, -0.15) is 0 Å². The van der Waals surface area contributed by atoms with Crippen LogP contribution in [0.3, 0.4) is 0 Å². The van der Waals surface area contributed by atoms with Crippen molar-refractivity contribution in [3.05, 3.63) is 66.5 Å². The van der Waals surface area contributed by atoms with Crippen molar-refractivity contribution in [3.63, 3.8) is 0 Å². The number of hydrogen-bond acceptors (Lipinski definition) is 4. The number of hydrogen-bond donors (Lipinski definition) is 2. The highest BCUT2D eigenvalue weighted by atomic mass is 16.4. The molecule has 3 rings (SSSR count). The molecule has 6 nitrogen and oxygen atoms in total. The lowest BCUT2D eigenvalue weighted by molar-refractivity contribution is 0.0683. The quantitative estimate of drug-likeness (QED) is 0.386. The Kier molecular flexibility index (Phi) is 11.0. The highest BCUT2D eigenvalue weighted by Gasteiger charge is 2.17. The Morgan fingerprint density at radius 3 is 1.97 bits per heavy atom. The SMILES string of the molecule is CCCCCCCCCCN.O=C(O)c1nc(-c2ccccc2)n(-c2ccccc2)n1. The van der Waals surface area contributed by atoms with Crippen LogP contribution >= 0.6 is 0 Å². The van der Waals surface area contributed by atoms with Crippen LogP contribution in [0, 0.1) is 0 Å². The van der Waals surface area contributed by atoms with Gasteiger partial charge in [-0.1, -0.05) is 100 Å². The Labute approximate surface area is 185 Å². The first-order valence-electron chi connectivity index (χ1n) is 11.2. The van der Waals surface area contributed by atoms with Gasteiger partial charge in [-0.25, -0.2) is 14.5 Å². The molecular formula is C25H34N4O2. The molecule has 3 N–H and O–H groups in total. The second-order valence-electron chi connectivity index (χ2n) is 7.44. The number of aromatic carboxylic acids is 1. The fourth-order valence-corrected chi connectivity index (χ4v) is 3.20. The number of rotatable bonds is 11. The maximum Gasteiger partial charge on any atom is 0.375 e. The van der Waals surface area contributed by atoms with Crippen LogP contribution in [0.1, 0.15) is 68.9 Å². The Hall–Kier alpha value is -2.99. The van der Waals surface area contributed by atoms with E-state index in [0.717, 1.165) is 17.8 Å². The summed E-state index contributed by atoms with van der Waals surface area (Å²) in [6.07, 6.45) is 11.0. The average molecular weight is 423 g/mol. The molecule has 0 radical (unpaired) electrons. The van der Waals surface area contributed by atoms with Crippen LogP contribution in [0.25, 0.3) is 17.1 Å². The summed E-state index contributed by atoms with van der Waals surface area (Å²) in [7, 11) is 0. The first-order chi connectivity index (χ1) is 15.2. The molecule has 0 spiro atoms. The summed E-state index contributed by atoms with van der Waals surface area (Å²) in [4.78, 5) is 15.2. The molecule has 0 unspecified atom stereocenters. The van der Waals surface area contributed by atoms with Crippen molar-refractivity contribution < 1.29 is 9.90 Å². The predicted octanol–water partition coefficient (Wildman–Crippen LogP) is 5.72. The molecule has 3 aromatic rings. The molecule has 0 atom stereocenters. The van der Waals surface area contributed by atoms with Crippen molar-refractivity contribution in [1.29, 1.82) is 0 Å². The molecular weight excluding hydrogens is 388 g/mol. The van der Waals surface area contributed by atoms with Gasteiger partial charge in [0, 0.05) is 5.56 Å². The van der Waals surface area contributed by atoms with Crippen LogP contribution in [0.2, 0.25) is 0 Å². The molecule has 1 aromatic heterocycles. The summed E-state index contributed by atoms with van der Waals surface area (Å²) >= 11 is 0. The molecule has 0 aliphatic carbocycles. The van der Waals surface area contributed by atoms with Gasteiger partial charge in [0.15, 0.2) is 5.82 Å². The molecule has 0 bridgehead atoms. The molecule has 0 fully saturated rings. The van der Waals surface area contributed by atoms with Crippen molar-refractivity contribution in [2.45, 2.75) is 58.3 Å². The Balaban J connectivity index is 0.000000267. The van der Waals surface area contributed by atoms with E-state index in [1.54, 1.807) is 4.68 Å². The summed E-state index contributed by atoms with van der Waals surface area (Å²) < 4.78 is 1.54. The molecule has 0 aliphatic rings. The lowest BCUT2D eigenvalue weighted by Gasteiger charge is -2.05. The highest BCUT2D eigenvalue weighted by Crippen LogP contribution is 2.20. The van der Waals surface area contributed by atoms with E-state index < -0.39 is 5.97 Å². The third kappa shape index (κ3) is 8.34. The molecule has 0 saturated heterocycles. The number of aromatic nitrogens is 3. The smallest absolute Gasteiger partial charge is 0.375 e. The van der Waals surface area contributed by atoms with Gasteiger partial charge in [-0.3, -0.25) is 0 Å². The molecule has 0 saturated carbocycles. The van der Waals surface area contributed by atoms with Gasteiger partial charge in [0.2, 0.25) is 0 Å². The first-order valence-corrected chi connectivity index (χ1v) is 11.2. The summed E-state index contributed by atoms with van der Waals surface area (Å²) in [5, 5.41) is 13.1. The minimum atomic E-state index is -1.14. The molecule has 166 valence electrons. The second-order valence-corrected chi connectivity index (χ2v) is 7.44. The van der Waals surface area contributed by atoms with E-state index in [4.69, 9.17) is 10.8 Å². The van der Waals surface area contributed by atoms with Gasteiger partial charge in [0.05, 0.1) is 5.69 Å². The van der Waals surface area contributed by atoms with E-state index in [-0.39, 0.29) is 5.82 Å². The second kappa shape index (κ2) is 14.1. The lowest BCUT2D eigenvalue weighted by atomic mass is 10.1. The van der Waals surface area contributed by atoms with Crippen LogP contribution in [0.15, 0.2) is 60.7 Å². The zero-order valence-electron chi connectivity index (χ0n) is 18.4. The monoisotopic (exact) mass is 422 g/mol. The zero-order valence-corrected chi connectivity index (χ0v) is 18.4. The highest BCUT2D eigenvalue weighted by molar-refractivity contribution is 5.84. The van der Waals surface area contributed by atoms with Crippen LogP contribution in [0.5, 0.6) is 0 Å². The van der Waals surface area contributed by atoms with Gasteiger partial charge in [0.25, 0.3) is 5.82 Å². The first kappa shape index (κ1) is 24.3. The molecule has 0 aliphatic heterocycles. The van der Waals surface area contributed by atoms with Crippen LogP contribution in [-0.4, -0.2) is 32.4 Å². The normalized spacial score (nSPS) is 10.4. The van der Waals surface area contributed by atoms with Gasteiger partial charge in [0.1, 0.15) is 0 Å². The van der Waals surface area contributed by atoms with E-state index in [1.165, 1.54) is 51.4 Å². The van der Waals surface area contributed by atoms with Crippen molar-refractivity contribution >= 4 is 5.97 Å². The molecule has 6 heteroatoms. The summed E-state index contributed by atoms with van der Waals surface area (Å²) in [5.41, 5.74) is 6.98. The van der Waals surface area contributed by atoms with Gasteiger partial charge < -0.3 is 10.8 Å². The number of carbonyl (C=O) groups is 1. The number of carboxylic acids is 1. The topological polar surface area (TPSA) is 94.0 Å². The van der Waals surface area contributed by atoms with E-state index in [9.17, 15) is 4.79 Å². The van der Waals surface area contributed by atoms with Gasteiger partial charge in [-0.05, 0) is 25.1 Å². The summed E-state index contributed by atoms with van der Waals surface area (Å²) in [6.45, 7) is 3.13. The number of benzene rings is 2. The molecule has 0 amide bonds. The van der Waals surface area contributed by atoms with Crippen molar-refractivity contribution in [2.75, 3.05) is 6.54 Å². The number of carboxylic acid groups (broad SMARTS) is 1. The number of para-hydroxylation sites is 1. The van der Waals surface area contributed by atoms with E-state index in [1.807, 2.05) is 60.7 Å². The van der Waals surface area contributed by atoms with Crippen molar-refractivity contribution in [3.8, 4) is 17.1 Å². The summed E-state index contributed by atoms with van der Waals surface area (Å²) in [5.74, 6) is -0.848. The summed E-state index contributed by atoms with van der Waals surface area (Å²) in [6, 6.07) is 18.7. The number of nitrogens with two attached hydrogens (primary N) is 1. The van der Waals surface area contributed by atoms with Crippen molar-refractivity contribution in [1.82, 2.24) is 14.8 Å². The lowest BCUT2D eigenvalue weighted by Crippen LogP contribution is -2.02. The van der Waals surface area contributed by atoms with Crippen LogP contribution in [-0.2, 0) is 0 Å². The van der Waals surface area contributed by atoms with Crippen molar-refractivity contribution in [2.24, 2.45) is 5.73 Å². The van der Waals surface area contributed by atoms with Crippen LogP contribution < -0.4 is 5.73 Å². The fraction of sp³-hybridized carbons (Fsp3) is 0.400. The largest absolute Gasteiger partial charge is 0.475 e. The minimum Gasteiger partial charge on any atom is -0.475 e. The Morgan fingerprint density at radius 1 is 0.871 bits per heavy atom. The van der Waals surface area contributed by atoms with E-state index in [0.29, 0.717) is 5.82 Å². The fourth-order valence-electron chi connectivity index (χ4n) is 3.20. The standard InChI is InChI=1S/C15H11N3O2.C10H23N/c19-15(20)13-16-14(11-7-3-1-4-8-11)18(17-13)12-9-5-2-6-10-12;1-2-3-4-5-6-7-8-9-10-11/h1-10H,(H,19,20);2-11H2,1H3. The third-order valence-electron chi connectivity index (χ3n) is 4.89. The van der Waals surface area contributed by atoms with E-state index in [2.05, 4.69) is 17.0 Å². The number of nitrogens with zero attached hydrogens (tertiary/aromatic N) is 3. The Morgan fingerprint density at radius 2 is 1.42 bits per heavy atom. The molecule has 2 aromatic carbocycles.